The zero-order chi connectivity index (χ0) is 18.9. The van der Waals surface area contributed by atoms with E-state index in [1.807, 2.05) is 13.8 Å². The average Bonchev–Trinajstić information content (AvgIpc) is 2.61. The lowest BCUT2D eigenvalue weighted by atomic mass is 10.2. The SMILES string of the molecule is CCN(CC)C(=O)CNC(=O)c1cccc(S(=O)(=O)NCCOC)c1. The van der Waals surface area contributed by atoms with Crippen LogP contribution in [-0.2, 0) is 19.6 Å². The van der Waals surface area contributed by atoms with Gasteiger partial charge in [0.05, 0.1) is 18.0 Å². The fourth-order valence-electron chi connectivity index (χ4n) is 2.11. The number of nitrogens with zero attached hydrogens (tertiary/aromatic N) is 1. The molecule has 9 heteroatoms. The van der Waals surface area contributed by atoms with Gasteiger partial charge in [-0.15, -0.1) is 0 Å². The molecule has 0 radical (unpaired) electrons. The Morgan fingerprint density at radius 3 is 2.48 bits per heavy atom. The van der Waals surface area contributed by atoms with Gasteiger partial charge in [-0.3, -0.25) is 9.59 Å². The maximum Gasteiger partial charge on any atom is 0.251 e. The number of nitrogens with one attached hydrogen (secondary N) is 2. The van der Waals surface area contributed by atoms with E-state index in [0.717, 1.165) is 0 Å². The largest absolute Gasteiger partial charge is 0.383 e. The molecule has 0 unspecified atom stereocenters. The number of benzene rings is 1. The first-order valence-electron chi connectivity index (χ1n) is 8.00. The highest BCUT2D eigenvalue weighted by Crippen LogP contribution is 2.11. The standard InChI is InChI=1S/C16H25N3O5S/c1-4-19(5-2)15(20)12-17-16(21)13-7-6-8-14(11-13)25(22,23)18-9-10-24-3/h6-8,11,18H,4-5,9-10,12H2,1-3H3,(H,17,21). The summed E-state index contributed by atoms with van der Waals surface area (Å²) in [5.41, 5.74) is 0.168. The summed E-state index contributed by atoms with van der Waals surface area (Å²) in [6, 6.07) is 5.64. The average molecular weight is 371 g/mol. The predicted octanol–water partition coefficient (Wildman–Crippen LogP) is 0.210. The molecular formula is C16H25N3O5S. The van der Waals surface area contributed by atoms with Gasteiger partial charge in [0.2, 0.25) is 15.9 Å². The van der Waals surface area contributed by atoms with E-state index in [1.165, 1.54) is 31.4 Å². The zero-order valence-corrected chi connectivity index (χ0v) is 15.6. The van der Waals surface area contributed by atoms with Crippen LogP contribution in [0.3, 0.4) is 0 Å². The lowest BCUT2D eigenvalue weighted by Gasteiger charge is -2.18. The number of ether oxygens (including phenoxy) is 1. The smallest absolute Gasteiger partial charge is 0.251 e. The summed E-state index contributed by atoms with van der Waals surface area (Å²) in [6.45, 7) is 5.07. The molecule has 2 N–H and O–H groups in total. The monoisotopic (exact) mass is 371 g/mol. The van der Waals surface area contributed by atoms with Crippen LogP contribution in [0.15, 0.2) is 29.2 Å². The number of rotatable bonds is 10. The number of carbonyl (C=O) groups is 2. The summed E-state index contributed by atoms with van der Waals surface area (Å²) >= 11 is 0. The number of sulfonamides is 1. The lowest BCUT2D eigenvalue weighted by molar-refractivity contribution is -0.129. The molecule has 1 rings (SSSR count). The third kappa shape index (κ3) is 6.45. The molecule has 0 saturated heterocycles. The second-order valence-electron chi connectivity index (χ2n) is 5.17. The number of hydrogen-bond donors (Lipinski definition) is 2. The van der Waals surface area contributed by atoms with Crippen molar-refractivity contribution in [3.8, 4) is 0 Å². The third-order valence-electron chi connectivity index (χ3n) is 3.52. The Bertz CT molecular complexity index is 687. The van der Waals surface area contributed by atoms with E-state index in [-0.39, 0.29) is 36.1 Å². The van der Waals surface area contributed by atoms with Gasteiger partial charge in [-0.2, -0.15) is 0 Å². The van der Waals surface area contributed by atoms with Crippen molar-refractivity contribution >= 4 is 21.8 Å². The van der Waals surface area contributed by atoms with E-state index in [1.54, 1.807) is 4.90 Å². The fourth-order valence-corrected chi connectivity index (χ4v) is 3.17. The maximum absolute atomic E-state index is 12.2. The Labute approximate surface area is 148 Å². The van der Waals surface area contributed by atoms with Crippen LogP contribution in [0.25, 0.3) is 0 Å². The van der Waals surface area contributed by atoms with Gasteiger partial charge >= 0.3 is 0 Å². The molecule has 140 valence electrons. The number of carbonyl (C=O) groups excluding carboxylic acids is 2. The third-order valence-corrected chi connectivity index (χ3v) is 4.98. The molecule has 2 amide bonds. The molecule has 0 aliphatic rings. The first-order chi connectivity index (χ1) is 11.9. The van der Waals surface area contributed by atoms with Gasteiger partial charge in [0.15, 0.2) is 0 Å². The Hall–Kier alpha value is -1.97. The number of amides is 2. The van der Waals surface area contributed by atoms with Crippen LogP contribution in [0.1, 0.15) is 24.2 Å². The molecular weight excluding hydrogens is 346 g/mol. The molecule has 0 bridgehead atoms. The molecule has 0 spiro atoms. The van der Waals surface area contributed by atoms with Crippen molar-refractivity contribution in [1.82, 2.24) is 14.9 Å². The van der Waals surface area contributed by atoms with Crippen molar-refractivity contribution in [2.75, 3.05) is 39.9 Å². The van der Waals surface area contributed by atoms with E-state index in [0.29, 0.717) is 13.1 Å². The van der Waals surface area contributed by atoms with Gasteiger partial charge < -0.3 is 15.0 Å². The minimum atomic E-state index is -3.73. The summed E-state index contributed by atoms with van der Waals surface area (Å²) in [5.74, 6) is -0.696. The van der Waals surface area contributed by atoms with Crippen molar-refractivity contribution in [2.24, 2.45) is 0 Å². The van der Waals surface area contributed by atoms with Crippen molar-refractivity contribution < 1.29 is 22.7 Å². The molecule has 0 saturated carbocycles. The molecule has 0 aromatic heterocycles. The van der Waals surface area contributed by atoms with Crippen LogP contribution in [-0.4, -0.2) is 65.0 Å². The molecule has 0 atom stereocenters. The van der Waals surface area contributed by atoms with Crippen molar-refractivity contribution in [2.45, 2.75) is 18.7 Å². The Morgan fingerprint density at radius 2 is 1.88 bits per heavy atom. The van der Waals surface area contributed by atoms with Crippen LogP contribution in [0.5, 0.6) is 0 Å². The number of hydrogen-bond acceptors (Lipinski definition) is 5. The van der Waals surface area contributed by atoms with E-state index in [2.05, 4.69) is 10.0 Å². The minimum Gasteiger partial charge on any atom is -0.383 e. The highest BCUT2D eigenvalue weighted by Gasteiger charge is 2.17. The topological polar surface area (TPSA) is 105 Å². The Kier molecular flexibility index (Phi) is 8.53. The molecule has 1 aromatic rings. The van der Waals surface area contributed by atoms with Gasteiger partial charge in [0, 0.05) is 32.3 Å². The van der Waals surface area contributed by atoms with Crippen LogP contribution in [0.4, 0.5) is 0 Å². The summed E-state index contributed by atoms with van der Waals surface area (Å²) in [7, 11) is -2.26. The molecule has 25 heavy (non-hydrogen) atoms. The summed E-state index contributed by atoms with van der Waals surface area (Å²) < 4.78 is 31.5. The van der Waals surface area contributed by atoms with Gasteiger partial charge in [-0.1, -0.05) is 6.07 Å². The van der Waals surface area contributed by atoms with E-state index in [4.69, 9.17) is 4.74 Å². The molecule has 0 fully saturated rings. The Morgan fingerprint density at radius 1 is 1.20 bits per heavy atom. The molecule has 0 heterocycles. The summed E-state index contributed by atoms with van der Waals surface area (Å²) in [4.78, 5) is 25.7. The molecule has 1 aromatic carbocycles. The maximum atomic E-state index is 12.2. The van der Waals surface area contributed by atoms with Gasteiger partial charge in [0.25, 0.3) is 5.91 Å². The second kappa shape index (κ2) is 10.1. The zero-order valence-electron chi connectivity index (χ0n) is 14.7. The van der Waals surface area contributed by atoms with Gasteiger partial charge in [-0.05, 0) is 32.0 Å². The van der Waals surface area contributed by atoms with Gasteiger partial charge in [0.1, 0.15) is 0 Å². The molecule has 0 aliphatic heterocycles. The van der Waals surface area contributed by atoms with Crippen LogP contribution >= 0.6 is 0 Å². The van der Waals surface area contributed by atoms with Crippen molar-refractivity contribution in [3.05, 3.63) is 29.8 Å². The Balaban J connectivity index is 2.77. The quantitative estimate of drug-likeness (QED) is 0.572. The lowest BCUT2D eigenvalue weighted by Crippen LogP contribution is -2.40. The van der Waals surface area contributed by atoms with E-state index in [9.17, 15) is 18.0 Å². The highest BCUT2D eigenvalue weighted by molar-refractivity contribution is 7.89. The molecule has 8 nitrogen and oxygen atoms in total. The fraction of sp³-hybridized carbons (Fsp3) is 0.500. The predicted molar refractivity (Wildman–Crippen MR) is 93.8 cm³/mol. The first kappa shape index (κ1) is 21.1. The normalized spacial score (nSPS) is 11.2. The highest BCUT2D eigenvalue weighted by atomic mass is 32.2. The first-order valence-corrected chi connectivity index (χ1v) is 9.48. The number of methoxy groups -OCH3 is 1. The van der Waals surface area contributed by atoms with E-state index < -0.39 is 15.9 Å². The van der Waals surface area contributed by atoms with Crippen LogP contribution < -0.4 is 10.0 Å². The minimum absolute atomic E-state index is 0.0219. The molecule has 0 aliphatic carbocycles. The van der Waals surface area contributed by atoms with Crippen LogP contribution in [0.2, 0.25) is 0 Å². The number of likely N-dealkylation sites (N-methyl/N-ethyl adjacent to an activating group) is 1. The summed E-state index contributed by atoms with van der Waals surface area (Å²) in [6.07, 6.45) is 0. The van der Waals surface area contributed by atoms with Gasteiger partial charge in [-0.25, -0.2) is 13.1 Å². The second-order valence-corrected chi connectivity index (χ2v) is 6.93. The van der Waals surface area contributed by atoms with Crippen molar-refractivity contribution in [1.29, 1.82) is 0 Å². The van der Waals surface area contributed by atoms with Crippen LogP contribution in [0, 0.1) is 0 Å². The van der Waals surface area contributed by atoms with E-state index >= 15 is 0 Å². The van der Waals surface area contributed by atoms with Crippen molar-refractivity contribution in [3.63, 3.8) is 0 Å². The summed E-state index contributed by atoms with van der Waals surface area (Å²) in [5, 5.41) is 2.51.